The number of hydrogen-bond acceptors (Lipinski definition) is 2. The predicted molar refractivity (Wildman–Crippen MR) is 118 cm³/mol. The molecule has 0 bridgehead atoms. The lowest BCUT2D eigenvalue weighted by Gasteiger charge is -2.37. The fourth-order valence-electron chi connectivity index (χ4n) is 4.50. The molecule has 1 heterocycles. The number of allylic oxidation sites excluding steroid dienone is 2. The lowest BCUT2D eigenvalue weighted by molar-refractivity contribution is 0.425. The van der Waals surface area contributed by atoms with Gasteiger partial charge in [-0.05, 0) is 54.2 Å². The molecule has 0 amide bonds. The highest BCUT2D eigenvalue weighted by Gasteiger charge is 2.37. The molecule has 3 atom stereocenters. The average Bonchev–Trinajstić information content (AvgIpc) is 3.23. The van der Waals surface area contributed by atoms with Crippen molar-refractivity contribution in [2.24, 2.45) is 10.9 Å². The highest BCUT2D eigenvalue weighted by atomic mass is 15.0. The van der Waals surface area contributed by atoms with Crippen LogP contribution in [0.15, 0.2) is 89.9 Å². The van der Waals surface area contributed by atoms with E-state index in [1.165, 1.54) is 22.4 Å². The van der Waals surface area contributed by atoms with E-state index in [0.29, 0.717) is 17.9 Å². The Morgan fingerprint density at radius 2 is 1.79 bits per heavy atom. The zero-order chi connectivity index (χ0) is 18.9. The van der Waals surface area contributed by atoms with Crippen LogP contribution in [0.3, 0.4) is 0 Å². The van der Waals surface area contributed by atoms with Crippen LogP contribution in [0, 0.1) is 12.8 Å². The smallest absolute Gasteiger partial charge is 0.0630 e. The first-order valence-corrected chi connectivity index (χ1v) is 10.0. The maximum absolute atomic E-state index is 4.62. The van der Waals surface area contributed by atoms with Crippen LogP contribution < -0.4 is 5.32 Å². The number of hydrogen-bond donors (Lipinski definition) is 1. The summed E-state index contributed by atoms with van der Waals surface area (Å²) in [4.78, 5) is 4.62. The van der Waals surface area contributed by atoms with Crippen LogP contribution in [-0.4, -0.2) is 6.21 Å². The molecule has 1 aliphatic heterocycles. The van der Waals surface area contributed by atoms with Gasteiger partial charge in [0.05, 0.1) is 11.7 Å². The van der Waals surface area contributed by atoms with E-state index in [1.54, 1.807) is 0 Å². The molecule has 0 radical (unpaired) electrons. The van der Waals surface area contributed by atoms with Gasteiger partial charge in [-0.1, -0.05) is 72.3 Å². The van der Waals surface area contributed by atoms with E-state index in [0.717, 1.165) is 17.7 Å². The van der Waals surface area contributed by atoms with E-state index in [1.807, 2.05) is 24.4 Å². The summed E-state index contributed by atoms with van der Waals surface area (Å²) in [6.07, 6.45) is 7.79. The van der Waals surface area contributed by atoms with Crippen LogP contribution >= 0.6 is 0 Å². The second-order valence-corrected chi connectivity index (χ2v) is 7.83. The lowest BCUT2D eigenvalue weighted by Crippen LogP contribution is -2.29. The molecule has 2 aliphatic rings. The number of aliphatic imine (C=N–C) groups is 1. The second kappa shape index (κ2) is 7.12. The molecule has 3 aromatic carbocycles. The molecule has 1 aliphatic carbocycles. The summed E-state index contributed by atoms with van der Waals surface area (Å²) in [5.74, 6) is 1.09. The Morgan fingerprint density at radius 1 is 0.964 bits per heavy atom. The van der Waals surface area contributed by atoms with Crippen molar-refractivity contribution in [2.45, 2.75) is 25.3 Å². The second-order valence-electron chi connectivity index (χ2n) is 7.83. The predicted octanol–water partition coefficient (Wildman–Crippen LogP) is 6.57. The van der Waals surface area contributed by atoms with Crippen LogP contribution in [-0.2, 0) is 0 Å². The Hall–Kier alpha value is -3.13. The van der Waals surface area contributed by atoms with Crippen LogP contribution in [0.25, 0.3) is 0 Å². The third-order valence-corrected chi connectivity index (χ3v) is 5.93. The van der Waals surface area contributed by atoms with Crippen molar-refractivity contribution in [3.05, 3.63) is 107 Å². The molecule has 0 spiro atoms. The Morgan fingerprint density at radius 3 is 2.61 bits per heavy atom. The van der Waals surface area contributed by atoms with Gasteiger partial charge in [-0.15, -0.1) is 0 Å². The molecule has 2 nitrogen and oxygen atoms in total. The third-order valence-electron chi connectivity index (χ3n) is 5.93. The first-order chi connectivity index (χ1) is 13.8. The van der Waals surface area contributed by atoms with Crippen molar-refractivity contribution in [3.8, 4) is 0 Å². The van der Waals surface area contributed by atoms with Gasteiger partial charge in [-0.2, -0.15) is 0 Å². The van der Waals surface area contributed by atoms with Crippen LogP contribution in [0.5, 0.6) is 0 Å². The van der Waals surface area contributed by atoms with Crippen LogP contribution in [0.4, 0.5) is 11.4 Å². The maximum atomic E-state index is 4.62. The van der Waals surface area contributed by atoms with Gasteiger partial charge in [0, 0.05) is 17.8 Å². The van der Waals surface area contributed by atoms with Gasteiger partial charge in [0.1, 0.15) is 0 Å². The van der Waals surface area contributed by atoms with Gasteiger partial charge < -0.3 is 5.32 Å². The van der Waals surface area contributed by atoms with Gasteiger partial charge in [-0.3, -0.25) is 4.99 Å². The number of anilines is 1. The number of nitrogens with one attached hydrogen (secondary N) is 1. The molecule has 2 heteroatoms. The summed E-state index contributed by atoms with van der Waals surface area (Å²) in [5.41, 5.74) is 7.49. The van der Waals surface area contributed by atoms with Crippen molar-refractivity contribution >= 4 is 17.6 Å². The largest absolute Gasteiger partial charge is 0.378 e. The van der Waals surface area contributed by atoms with Gasteiger partial charge in [0.2, 0.25) is 0 Å². The van der Waals surface area contributed by atoms with E-state index in [-0.39, 0.29) is 0 Å². The first-order valence-electron chi connectivity index (χ1n) is 10.0. The molecule has 0 saturated carbocycles. The van der Waals surface area contributed by atoms with Crippen molar-refractivity contribution < 1.29 is 0 Å². The van der Waals surface area contributed by atoms with Crippen molar-refractivity contribution in [3.63, 3.8) is 0 Å². The van der Waals surface area contributed by atoms with Crippen molar-refractivity contribution in [1.29, 1.82) is 0 Å². The van der Waals surface area contributed by atoms with E-state index in [9.17, 15) is 0 Å². The van der Waals surface area contributed by atoms with Crippen LogP contribution in [0.1, 0.15) is 40.6 Å². The maximum Gasteiger partial charge on any atom is 0.0630 e. The Labute approximate surface area is 166 Å². The molecule has 5 rings (SSSR count). The van der Waals surface area contributed by atoms with E-state index in [2.05, 4.69) is 84.0 Å². The monoisotopic (exact) mass is 364 g/mol. The first kappa shape index (κ1) is 17.0. The highest BCUT2D eigenvalue weighted by Crippen LogP contribution is 2.49. The normalized spacial score (nSPS) is 22.7. The fraction of sp³-hybridized carbons (Fsp3) is 0.192. The fourth-order valence-corrected chi connectivity index (χ4v) is 4.50. The topological polar surface area (TPSA) is 24.4 Å². The molecule has 138 valence electrons. The highest BCUT2D eigenvalue weighted by molar-refractivity contribution is 5.81. The minimum absolute atomic E-state index is 0.336. The summed E-state index contributed by atoms with van der Waals surface area (Å²) in [6.45, 7) is 2.18. The summed E-state index contributed by atoms with van der Waals surface area (Å²) in [5, 5.41) is 3.81. The number of nitrogens with zero attached hydrogens (tertiary/aromatic N) is 1. The minimum Gasteiger partial charge on any atom is -0.378 e. The Balaban J connectivity index is 1.40. The third kappa shape index (κ3) is 3.16. The number of benzene rings is 3. The van der Waals surface area contributed by atoms with Gasteiger partial charge in [0.15, 0.2) is 0 Å². The van der Waals surface area contributed by atoms with Crippen molar-refractivity contribution in [1.82, 2.24) is 0 Å². The molecule has 0 saturated heterocycles. The van der Waals surface area contributed by atoms with E-state index < -0.39 is 0 Å². The number of rotatable bonds is 3. The van der Waals surface area contributed by atoms with E-state index in [4.69, 9.17) is 0 Å². The van der Waals surface area contributed by atoms with E-state index >= 15 is 0 Å². The molecule has 28 heavy (non-hydrogen) atoms. The number of aryl methyl sites for hydroxylation is 1. The quantitative estimate of drug-likeness (QED) is 0.412. The summed E-state index contributed by atoms with van der Waals surface area (Å²) in [7, 11) is 0. The molecule has 0 fully saturated rings. The van der Waals surface area contributed by atoms with Gasteiger partial charge >= 0.3 is 0 Å². The minimum atomic E-state index is 0.336. The Kier molecular flexibility index (Phi) is 4.32. The molecular weight excluding hydrogens is 340 g/mol. The molecule has 3 unspecified atom stereocenters. The summed E-state index contributed by atoms with van der Waals surface area (Å²) < 4.78 is 0. The molecule has 1 N–H and O–H groups in total. The lowest BCUT2D eigenvalue weighted by atomic mass is 9.76. The van der Waals surface area contributed by atoms with Crippen LogP contribution in [0.2, 0.25) is 0 Å². The van der Waals surface area contributed by atoms with Crippen molar-refractivity contribution in [2.75, 3.05) is 5.32 Å². The average molecular weight is 364 g/mol. The summed E-state index contributed by atoms with van der Waals surface area (Å²) in [6, 6.07) is 26.0. The standard InChI is InChI=1S/C26H24N2/c1-18-10-15-25-24(16-18)22-8-5-9-23(22)26(28-25)20-11-13-21(14-12-20)27-17-19-6-3-2-4-7-19/h2-8,10-17,22-23,26,28H,9H2,1H3. The number of fused-ring (bicyclic) bond motifs is 3. The molecule has 3 aromatic rings. The summed E-state index contributed by atoms with van der Waals surface area (Å²) >= 11 is 0. The van der Waals surface area contributed by atoms with Gasteiger partial charge in [0.25, 0.3) is 0 Å². The Bertz CT molecular complexity index is 1030. The zero-order valence-corrected chi connectivity index (χ0v) is 16.0. The van der Waals surface area contributed by atoms with Gasteiger partial charge in [-0.25, -0.2) is 0 Å². The molecule has 0 aromatic heterocycles. The SMILES string of the molecule is Cc1ccc2c(c1)C1C=CCC1C(c1ccc(N=Cc3ccccc3)cc1)N2. The zero-order valence-electron chi connectivity index (χ0n) is 16.0. The molecular formula is C26H24N2.